The molecule has 1 aromatic rings. The minimum absolute atomic E-state index is 0.357. The molecular formula is C12H19NO2S. The normalized spacial score (nSPS) is 13.1. The van der Waals surface area contributed by atoms with Crippen molar-refractivity contribution in [2.75, 3.05) is 0 Å². The van der Waals surface area contributed by atoms with Crippen LogP contribution >= 0.6 is 0 Å². The Kier molecular flexibility index (Phi) is 3.45. The van der Waals surface area contributed by atoms with Gasteiger partial charge in [-0.05, 0) is 45.4 Å². The van der Waals surface area contributed by atoms with Crippen LogP contribution in [0.25, 0.3) is 0 Å². The van der Waals surface area contributed by atoms with Gasteiger partial charge in [0.15, 0.2) is 9.84 Å². The summed E-state index contributed by atoms with van der Waals surface area (Å²) in [6.07, 6.45) is 0. The molecule has 4 heteroatoms. The molecule has 0 radical (unpaired) electrons. The van der Waals surface area contributed by atoms with E-state index < -0.39 is 20.6 Å². The lowest BCUT2D eigenvalue weighted by atomic mass is 9.96. The average molecular weight is 241 g/mol. The first-order chi connectivity index (χ1) is 7.15. The van der Waals surface area contributed by atoms with Crippen LogP contribution in [0.1, 0.15) is 33.3 Å². The van der Waals surface area contributed by atoms with Crippen LogP contribution < -0.4 is 5.73 Å². The van der Waals surface area contributed by atoms with Crippen LogP contribution in [0.4, 0.5) is 0 Å². The highest BCUT2D eigenvalue weighted by Crippen LogP contribution is 2.21. The molecule has 16 heavy (non-hydrogen) atoms. The summed E-state index contributed by atoms with van der Waals surface area (Å²) in [5.41, 5.74) is 6.41. The van der Waals surface area contributed by atoms with E-state index in [4.69, 9.17) is 5.73 Å². The van der Waals surface area contributed by atoms with Crippen molar-refractivity contribution < 1.29 is 8.42 Å². The SMILES string of the molecule is CC(C)S(=O)(=O)c1ccc(C(C)(C)N)cc1. The lowest BCUT2D eigenvalue weighted by Crippen LogP contribution is -2.28. The van der Waals surface area contributed by atoms with Crippen LogP contribution in [-0.2, 0) is 15.4 Å². The van der Waals surface area contributed by atoms with Gasteiger partial charge < -0.3 is 5.73 Å². The zero-order valence-corrected chi connectivity index (χ0v) is 11.0. The van der Waals surface area contributed by atoms with Crippen LogP contribution in [0.5, 0.6) is 0 Å². The van der Waals surface area contributed by atoms with Crippen molar-refractivity contribution >= 4 is 9.84 Å². The third kappa shape index (κ3) is 2.62. The fourth-order valence-electron chi connectivity index (χ4n) is 1.35. The lowest BCUT2D eigenvalue weighted by Gasteiger charge is -2.19. The summed E-state index contributed by atoms with van der Waals surface area (Å²) in [5.74, 6) is 0. The first-order valence-corrected chi connectivity index (χ1v) is 6.83. The molecule has 0 bridgehead atoms. The van der Waals surface area contributed by atoms with Gasteiger partial charge in [0, 0.05) is 5.54 Å². The highest BCUT2D eigenvalue weighted by Gasteiger charge is 2.20. The van der Waals surface area contributed by atoms with E-state index in [1.807, 2.05) is 13.8 Å². The Morgan fingerprint density at radius 3 is 1.88 bits per heavy atom. The molecule has 0 aromatic heterocycles. The molecule has 0 saturated heterocycles. The molecule has 0 aliphatic rings. The minimum atomic E-state index is -3.18. The van der Waals surface area contributed by atoms with Crippen LogP contribution in [0.15, 0.2) is 29.2 Å². The summed E-state index contributed by atoms with van der Waals surface area (Å²) in [6.45, 7) is 7.13. The summed E-state index contributed by atoms with van der Waals surface area (Å²) >= 11 is 0. The summed E-state index contributed by atoms with van der Waals surface area (Å²) in [6, 6.07) is 6.79. The predicted octanol–water partition coefficient (Wildman–Crippen LogP) is 2.06. The molecule has 0 amide bonds. The molecule has 2 N–H and O–H groups in total. The third-order valence-electron chi connectivity index (χ3n) is 2.55. The Bertz CT molecular complexity index is 453. The smallest absolute Gasteiger partial charge is 0.180 e. The fraction of sp³-hybridized carbons (Fsp3) is 0.500. The summed E-state index contributed by atoms with van der Waals surface area (Å²) in [5, 5.41) is -0.399. The molecule has 0 fully saturated rings. The van der Waals surface area contributed by atoms with Crippen LogP contribution in [0.3, 0.4) is 0 Å². The number of sulfone groups is 1. The highest BCUT2D eigenvalue weighted by atomic mass is 32.2. The maximum atomic E-state index is 11.9. The second-order valence-electron chi connectivity index (χ2n) is 4.84. The number of benzene rings is 1. The topological polar surface area (TPSA) is 60.2 Å². The van der Waals surface area contributed by atoms with E-state index in [9.17, 15) is 8.42 Å². The van der Waals surface area contributed by atoms with Crippen molar-refractivity contribution in [3.63, 3.8) is 0 Å². The van der Waals surface area contributed by atoms with Gasteiger partial charge in [-0.3, -0.25) is 0 Å². The molecule has 0 saturated carbocycles. The Morgan fingerprint density at radius 1 is 1.12 bits per heavy atom. The highest BCUT2D eigenvalue weighted by molar-refractivity contribution is 7.92. The van der Waals surface area contributed by atoms with Gasteiger partial charge in [-0.2, -0.15) is 0 Å². The molecule has 1 aromatic carbocycles. The molecular weight excluding hydrogens is 222 g/mol. The van der Waals surface area contributed by atoms with Gasteiger partial charge in [-0.1, -0.05) is 12.1 Å². The van der Waals surface area contributed by atoms with E-state index in [2.05, 4.69) is 0 Å². The molecule has 90 valence electrons. The number of rotatable bonds is 3. The van der Waals surface area contributed by atoms with Gasteiger partial charge in [0.1, 0.15) is 0 Å². The molecule has 0 aliphatic heterocycles. The molecule has 0 unspecified atom stereocenters. The summed E-state index contributed by atoms with van der Waals surface area (Å²) in [4.78, 5) is 0.357. The van der Waals surface area contributed by atoms with Gasteiger partial charge in [-0.15, -0.1) is 0 Å². The number of hydrogen-bond acceptors (Lipinski definition) is 3. The zero-order chi connectivity index (χ0) is 12.6. The molecule has 0 heterocycles. The molecule has 0 atom stereocenters. The number of hydrogen-bond donors (Lipinski definition) is 1. The van der Waals surface area contributed by atoms with E-state index >= 15 is 0 Å². The molecule has 1 rings (SSSR count). The van der Waals surface area contributed by atoms with Gasteiger partial charge in [0.05, 0.1) is 10.1 Å². The van der Waals surface area contributed by atoms with E-state index in [0.29, 0.717) is 4.90 Å². The minimum Gasteiger partial charge on any atom is -0.322 e. The van der Waals surface area contributed by atoms with Crippen molar-refractivity contribution in [1.82, 2.24) is 0 Å². The van der Waals surface area contributed by atoms with E-state index in [1.165, 1.54) is 0 Å². The Labute approximate surface area is 97.6 Å². The van der Waals surface area contributed by atoms with E-state index in [1.54, 1.807) is 38.1 Å². The van der Waals surface area contributed by atoms with Crippen LogP contribution in [0, 0.1) is 0 Å². The Morgan fingerprint density at radius 2 is 1.56 bits per heavy atom. The second-order valence-corrected chi connectivity index (χ2v) is 7.34. The van der Waals surface area contributed by atoms with Crippen molar-refractivity contribution in [1.29, 1.82) is 0 Å². The van der Waals surface area contributed by atoms with Crippen molar-refractivity contribution in [2.24, 2.45) is 5.73 Å². The first-order valence-electron chi connectivity index (χ1n) is 5.29. The molecule has 3 nitrogen and oxygen atoms in total. The van der Waals surface area contributed by atoms with Gasteiger partial charge in [-0.25, -0.2) is 8.42 Å². The van der Waals surface area contributed by atoms with Crippen molar-refractivity contribution in [3.05, 3.63) is 29.8 Å². The quantitative estimate of drug-likeness (QED) is 0.881. The Hall–Kier alpha value is -0.870. The lowest BCUT2D eigenvalue weighted by molar-refractivity contribution is 0.553. The second kappa shape index (κ2) is 4.18. The average Bonchev–Trinajstić information content (AvgIpc) is 2.16. The third-order valence-corrected chi connectivity index (χ3v) is 4.72. The van der Waals surface area contributed by atoms with Gasteiger partial charge >= 0.3 is 0 Å². The zero-order valence-electron chi connectivity index (χ0n) is 10.2. The Balaban J connectivity index is 3.15. The standard InChI is InChI=1S/C12H19NO2S/c1-9(2)16(14,15)11-7-5-10(6-8-11)12(3,4)13/h5-9H,13H2,1-4H3. The summed E-state index contributed by atoms with van der Waals surface area (Å²) < 4.78 is 23.7. The largest absolute Gasteiger partial charge is 0.322 e. The monoisotopic (exact) mass is 241 g/mol. The maximum Gasteiger partial charge on any atom is 0.180 e. The van der Waals surface area contributed by atoms with Crippen LogP contribution in [0.2, 0.25) is 0 Å². The molecule has 0 aliphatic carbocycles. The van der Waals surface area contributed by atoms with Crippen molar-refractivity contribution in [3.8, 4) is 0 Å². The first kappa shape index (κ1) is 13.2. The molecule has 0 spiro atoms. The van der Waals surface area contributed by atoms with E-state index in [-0.39, 0.29) is 0 Å². The van der Waals surface area contributed by atoms with Crippen LogP contribution in [-0.4, -0.2) is 13.7 Å². The predicted molar refractivity (Wildman–Crippen MR) is 66.0 cm³/mol. The number of nitrogens with two attached hydrogens (primary N) is 1. The van der Waals surface area contributed by atoms with Crippen molar-refractivity contribution in [2.45, 2.75) is 43.4 Å². The van der Waals surface area contributed by atoms with E-state index in [0.717, 1.165) is 5.56 Å². The van der Waals surface area contributed by atoms with Gasteiger partial charge in [0.2, 0.25) is 0 Å². The summed E-state index contributed by atoms with van der Waals surface area (Å²) in [7, 11) is -3.18. The van der Waals surface area contributed by atoms with Gasteiger partial charge in [0.25, 0.3) is 0 Å². The maximum absolute atomic E-state index is 11.9. The fourth-order valence-corrected chi connectivity index (χ4v) is 2.41.